The van der Waals surface area contributed by atoms with Gasteiger partial charge in [-0.2, -0.15) is 0 Å². The van der Waals surface area contributed by atoms with Crippen LogP contribution in [0.2, 0.25) is 0 Å². The molecule has 0 aromatic heterocycles. The van der Waals surface area contributed by atoms with Crippen LogP contribution in [0.5, 0.6) is 23.0 Å². The van der Waals surface area contributed by atoms with Crippen LogP contribution in [0.15, 0.2) is 70.7 Å². The molecule has 2 heterocycles. The zero-order valence-corrected chi connectivity index (χ0v) is 31.1. The van der Waals surface area contributed by atoms with E-state index in [1.165, 1.54) is 19.1 Å². The van der Waals surface area contributed by atoms with Crippen LogP contribution in [-0.2, 0) is 19.2 Å². The Hall–Kier alpha value is -4.32. The second-order valence-electron chi connectivity index (χ2n) is 13.1. The number of fused-ring (bicyclic) bond motifs is 4. The molecule has 2 saturated heterocycles. The second-order valence-corrected chi connectivity index (χ2v) is 15.2. The Morgan fingerprint density at radius 3 is 2.24 bits per heavy atom. The Balaban J connectivity index is 1.25. The van der Waals surface area contributed by atoms with Crippen LogP contribution in [0.25, 0.3) is 12.2 Å². The zero-order valence-electron chi connectivity index (χ0n) is 28.0. The molecule has 0 spiro atoms. The lowest BCUT2D eigenvalue weighted by molar-refractivity contribution is -0.138. The van der Waals surface area contributed by atoms with E-state index in [0.29, 0.717) is 27.2 Å². The van der Waals surface area contributed by atoms with E-state index in [1.807, 2.05) is 36.4 Å². The number of benzene rings is 3. The van der Waals surface area contributed by atoms with Crippen LogP contribution in [0.1, 0.15) is 35.4 Å². The van der Waals surface area contributed by atoms with Crippen LogP contribution >= 0.6 is 39.1 Å². The van der Waals surface area contributed by atoms with Gasteiger partial charge < -0.3 is 19.3 Å². The van der Waals surface area contributed by atoms with Gasteiger partial charge in [-0.05, 0) is 66.8 Å². The first-order chi connectivity index (χ1) is 24.3. The lowest BCUT2D eigenvalue weighted by Crippen LogP contribution is -2.60. The van der Waals surface area contributed by atoms with Crippen LogP contribution < -0.4 is 19.1 Å². The Bertz CT molecular complexity index is 2070. The number of allylic oxidation sites excluding steroid dienone is 2. The molecule has 6 atom stereocenters. The maximum absolute atomic E-state index is 14.4. The number of anilines is 1. The lowest BCUT2D eigenvalue weighted by Gasteiger charge is -2.50. The second kappa shape index (κ2) is 12.7. The number of carbonyl (C=O) groups excluding carboxylic acids is 4. The fourth-order valence-electron chi connectivity index (χ4n) is 8.20. The number of hydrogen-bond acceptors (Lipinski definition) is 8. The van der Waals surface area contributed by atoms with E-state index in [0.717, 1.165) is 16.0 Å². The van der Waals surface area contributed by atoms with Crippen molar-refractivity contribution in [3.05, 3.63) is 87.4 Å². The molecule has 264 valence electrons. The van der Waals surface area contributed by atoms with Gasteiger partial charge in [0.1, 0.15) is 11.5 Å². The number of nitrogens with zero attached hydrogens (tertiary/aromatic N) is 2. The molecular weight excluding hydrogens is 763 g/mol. The van der Waals surface area contributed by atoms with Gasteiger partial charge in [0.15, 0.2) is 21.2 Å². The van der Waals surface area contributed by atoms with Crippen LogP contribution in [-0.4, -0.2) is 71.8 Å². The first-order valence-electron chi connectivity index (χ1n) is 16.1. The van der Waals surface area contributed by atoms with Gasteiger partial charge in [0.05, 0.1) is 38.9 Å². The Kier molecular flexibility index (Phi) is 8.75. The molecule has 0 bridgehead atoms. The molecule has 4 amide bonds. The minimum Gasteiger partial charge on any atom is -0.504 e. The van der Waals surface area contributed by atoms with Crippen molar-refractivity contribution in [2.75, 3.05) is 33.3 Å². The number of aromatic hydroxyl groups is 1. The summed E-state index contributed by atoms with van der Waals surface area (Å²) < 4.78 is 16.7. The van der Waals surface area contributed by atoms with E-state index < -0.39 is 51.1 Å². The number of phenolic OH excluding ortho intramolecular Hbond substituents is 1. The lowest BCUT2D eigenvalue weighted by atomic mass is 9.56. The largest absolute Gasteiger partial charge is 0.504 e. The maximum Gasteiger partial charge on any atom is 0.253 e. The summed E-state index contributed by atoms with van der Waals surface area (Å²) in [4.78, 5) is 54.1. The predicted molar refractivity (Wildman–Crippen MR) is 195 cm³/mol. The third kappa shape index (κ3) is 5.10. The smallest absolute Gasteiger partial charge is 0.253 e. The highest BCUT2D eigenvalue weighted by molar-refractivity contribution is 9.10. The van der Waals surface area contributed by atoms with E-state index in [2.05, 4.69) is 15.9 Å². The van der Waals surface area contributed by atoms with Crippen molar-refractivity contribution in [3.63, 3.8) is 0 Å². The number of amides is 4. The first kappa shape index (κ1) is 35.1. The third-order valence-corrected chi connectivity index (χ3v) is 12.5. The highest BCUT2D eigenvalue weighted by Crippen LogP contribution is 2.66. The van der Waals surface area contributed by atoms with Gasteiger partial charge in [-0.15, -0.1) is 23.2 Å². The van der Waals surface area contributed by atoms with Gasteiger partial charge in [0, 0.05) is 28.6 Å². The van der Waals surface area contributed by atoms with E-state index in [4.69, 9.17) is 37.4 Å². The zero-order chi connectivity index (χ0) is 36.6. The number of likely N-dealkylation sites (tertiary alicyclic amines) is 1. The third-order valence-electron chi connectivity index (χ3n) is 10.7. The molecule has 7 rings (SSSR count). The van der Waals surface area contributed by atoms with Gasteiger partial charge >= 0.3 is 0 Å². The van der Waals surface area contributed by atoms with Gasteiger partial charge in [-0.25, -0.2) is 0 Å². The number of alkyl halides is 2. The molecule has 1 N–H and O–H groups in total. The van der Waals surface area contributed by atoms with Crippen molar-refractivity contribution >= 4 is 80.6 Å². The molecule has 2 aliphatic heterocycles. The molecule has 1 saturated carbocycles. The number of rotatable bonds is 7. The monoisotopic (exact) mass is 794 g/mol. The summed E-state index contributed by atoms with van der Waals surface area (Å²) in [5.74, 6) is -4.54. The molecule has 3 aromatic rings. The van der Waals surface area contributed by atoms with Gasteiger partial charge in [0.25, 0.3) is 11.8 Å². The highest BCUT2D eigenvalue weighted by Gasteiger charge is 2.76. The van der Waals surface area contributed by atoms with E-state index in [9.17, 15) is 24.3 Å². The normalized spacial score (nSPS) is 28.5. The van der Waals surface area contributed by atoms with E-state index >= 15 is 0 Å². The maximum atomic E-state index is 14.4. The van der Waals surface area contributed by atoms with Gasteiger partial charge in [-0.3, -0.25) is 29.0 Å². The molecule has 4 aliphatic rings. The van der Waals surface area contributed by atoms with Crippen molar-refractivity contribution in [2.24, 2.45) is 17.8 Å². The summed E-state index contributed by atoms with van der Waals surface area (Å²) in [7, 11) is 5.88. The SMILES string of the molecule is COc1ccc(OC)c(C=Cc2ccc(N3C(=O)[C@H]4[C@H](CC=C5[C@H]4C[C@@]4(Cl)C(=O)N(C)C(=O)[C@@]4(Cl)[C@H]5c4cc(Br)cc(OC)c4O)C3=O)cc2)c1. The fourth-order valence-corrected chi connectivity index (χ4v) is 9.67. The van der Waals surface area contributed by atoms with E-state index in [1.54, 1.807) is 50.6 Å². The van der Waals surface area contributed by atoms with E-state index in [-0.39, 0.29) is 35.8 Å². The molecule has 3 fully saturated rings. The Morgan fingerprint density at radius 2 is 1.57 bits per heavy atom. The van der Waals surface area contributed by atoms with Crippen LogP contribution in [0, 0.1) is 17.8 Å². The average molecular weight is 796 g/mol. The highest BCUT2D eigenvalue weighted by atomic mass is 79.9. The molecule has 10 nitrogen and oxygen atoms in total. The summed E-state index contributed by atoms with van der Waals surface area (Å²) in [6.45, 7) is 0. The minimum absolute atomic E-state index is 0.112. The van der Waals surface area contributed by atoms with Crippen molar-refractivity contribution in [1.29, 1.82) is 0 Å². The number of halogens is 3. The van der Waals surface area contributed by atoms with Gasteiger partial charge in [0.2, 0.25) is 11.8 Å². The number of phenols is 1. The number of ether oxygens (including phenoxy) is 3. The summed E-state index contributed by atoms with van der Waals surface area (Å²) in [6.07, 6.45) is 5.60. The standard InChI is InChI=1S/C38H33BrCl2N2O8/c1-42-35(47)37(40)18-27-24(31(38(37,41)36(42)48)26-16-21(39)17-29(51-4)32(26)44)12-13-25-30(27)34(46)43(33(25)45)22-9-6-19(7-10-22)5-8-20-15-23(49-2)11-14-28(20)50-3/h5-12,14-17,25,27,30-31,44H,13,18H2,1-4H3/t25-,27+,30-,31+,37+,38-/m0/s1. The molecule has 51 heavy (non-hydrogen) atoms. The fraction of sp³-hybridized carbons (Fsp3) is 0.316. The quantitative estimate of drug-likeness (QED) is 0.124. The molecular formula is C38H33BrCl2N2O8. The summed E-state index contributed by atoms with van der Waals surface area (Å²) in [5.41, 5.74) is 2.80. The number of methoxy groups -OCH3 is 3. The summed E-state index contributed by atoms with van der Waals surface area (Å²) in [6, 6.07) is 15.7. The van der Waals surface area contributed by atoms with Gasteiger partial charge in [-0.1, -0.05) is 51.9 Å². The number of imide groups is 2. The number of hydrogen-bond donors (Lipinski definition) is 1. The van der Waals surface area contributed by atoms with Crippen LogP contribution in [0.3, 0.4) is 0 Å². The van der Waals surface area contributed by atoms with Crippen molar-refractivity contribution < 1.29 is 38.5 Å². The van der Waals surface area contributed by atoms with Crippen molar-refractivity contribution in [3.8, 4) is 23.0 Å². The summed E-state index contributed by atoms with van der Waals surface area (Å²) >= 11 is 18.0. The Labute approximate surface area is 312 Å². The summed E-state index contributed by atoms with van der Waals surface area (Å²) in [5, 5.41) is 11.4. The molecule has 13 heteroatoms. The van der Waals surface area contributed by atoms with Crippen molar-refractivity contribution in [2.45, 2.75) is 28.5 Å². The van der Waals surface area contributed by atoms with Crippen LogP contribution in [0.4, 0.5) is 5.69 Å². The Morgan fingerprint density at radius 1 is 0.863 bits per heavy atom. The average Bonchev–Trinajstić information content (AvgIpc) is 3.46. The first-order valence-corrected chi connectivity index (χ1v) is 17.7. The topological polar surface area (TPSA) is 123 Å². The molecule has 2 aliphatic carbocycles. The molecule has 0 radical (unpaired) electrons. The van der Waals surface area contributed by atoms with Crippen molar-refractivity contribution in [1.82, 2.24) is 4.90 Å². The minimum atomic E-state index is -2.04. The predicted octanol–water partition coefficient (Wildman–Crippen LogP) is 6.54. The number of carbonyl (C=O) groups is 4. The molecule has 0 unspecified atom stereocenters. The molecule has 3 aromatic carbocycles.